The summed E-state index contributed by atoms with van der Waals surface area (Å²) in [4.78, 5) is 0. The Morgan fingerprint density at radius 1 is 0.959 bits per heavy atom. The summed E-state index contributed by atoms with van der Waals surface area (Å²) in [7, 11) is -8.61. The Morgan fingerprint density at radius 2 is 1.65 bits per heavy atom. The number of quaternary nitrogens is 1. The zero-order valence-corrected chi connectivity index (χ0v) is 31.0. The quantitative estimate of drug-likeness (QED) is 0.0940. The highest BCUT2D eigenvalue weighted by Crippen LogP contribution is 2.57. The predicted molar refractivity (Wildman–Crippen MR) is 194 cm³/mol. The van der Waals surface area contributed by atoms with Gasteiger partial charge in [-0.3, -0.25) is 9.04 Å². The van der Waals surface area contributed by atoms with Crippen LogP contribution in [0.5, 0.6) is 0 Å². The lowest BCUT2D eigenvalue weighted by Gasteiger charge is -2.40. The first-order chi connectivity index (χ1) is 23.0. The van der Waals surface area contributed by atoms with E-state index in [4.69, 9.17) is 11.6 Å². The van der Waals surface area contributed by atoms with Crippen molar-refractivity contribution in [2.24, 2.45) is 0 Å². The van der Waals surface area contributed by atoms with E-state index in [1.807, 2.05) is 42.5 Å². The molecule has 1 spiro atoms. The second-order valence-corrected chi connectivity index (χ2v) is 18.2. The van der Waals surface area contributed by atoms with E-state index in [1.165, 1.54) is 5.56 Å². The maximum absolute atomic E-state index is 12.8. The zero-order valence-electron chi connectivity index (χ0n) is 28.6. The zero-order chi connectivity index (χ0) is 35.4. The Labute approximate surface area is 296 Å². The Bertz CT molecular complexity index is 2060. The van der Waals surface area contributed by atoms with Gasteiger partial charge >= 0.3 is 10.1 Å². The molecule has 0 saturated carbocycles. The molecular formula is C38H45ClN2O6S2. The second kappa shape index (κ2) is 13.0. The van der Waals surface area contributed by atoms with Crippen molar-refractivity contribution in [3.8, 4) is 0 Å². The third-order valence-electron chi connectivity index (χ3n) is 10.9. The van der Waals surface area contributed by atoms with Gasteiger partial charge in [0.1, 0.15) is 12.2 Å². The minimum absolute atomic E-state index is 0.0599. The molecule has 1 aliphatic carbocycles. The molecule has 0 bridgehead atoms. The fraction of sp³-hybridized carbons (Fsp3) is 0.447. The molecule has 3 heterocycles. The molecule has 4 aliphatic rings. The lowest BCUT2D eigenvalue weighted by Crippen LogP contribution is -2.55. The van der Waals surface area contributed by atoms with Crippen LogP contribution in [-0.4, -0.2) is 60.4 Å². The predicted octanol–water partition coefficient (Wildman–Crippen LogP) is 7.54. The van der Waals surface area contributed by atoms with Gasteiger partial charge in [-0.1, -0.05) is 55.3 Å². The van der Waals surface area contributed by atoms with E-state index in [0.717, 1.165) is 58.8 Å². The molecule has 3 aliphatic heterocycles. The van der Waals surface area contributed by atoms with Crippen LogP contribution in [0.4, 0.5) is 11.4 Å². The number of allylic oxidation sites excluding steroid dienone is 8. The van der Waals surface area contributed by atoms with Crippen molar-refractivity contribution in [2.75, 3.05) is 18.8 Å². The van der Waals surface area contributed by atoms with Crippen molar-refractivity contribution in [1.29, 1.82) is 0 Å². The number of halogens is 1. The van der Waals surface area contributed by atoms with E-state index < -0.39 is 31.0 Å². The molecule has 8 nitrogen and oxygen atoms in total. The Hall–Kier alpha value is -2.86. The summed E-state index contributed by atoms with van der Waals surface area (Å²) < 4.78 is 71.9. The van der Waals surface area contributed by atoms with E-state index in [2.05, 4.69) is 62.6 Å². The third-order valence-corrected chi connectivity index (χ3v) is 13.5. The normalized spacial score (nSPS) is 26.5. The molecule has 1 saturated heterocycles. The van der Waals surface area contributed by atoms with Gasteiger partial charge in [-0.25, -0.2) is 14.5 Å². The largest absolute Gasteiger partial charge is 0.748 e. The average molecular weight is 725 g/mol. The second-order valence-electron chi connectivity index (χ2n) is 14.7. The number of hydrogen-bond acceptors (Lipinski definition) is 5. The van der Waals surface area contributed by atoms with Crippen molar-refractivity contribution in [3.63, 3.8) is 0 Å². The number of fused-ring (bicyclic) bond motifs is 3. The van der Waals surface area contributed by atoms with Gasteiger partial charge in [0.25, 0.3) is 0 Å². The summed E-state index contributed by atoms with van der Waals surface area (Å²) in [5.41, 5.74) is 7.18. The minimum atomic E-state index is -4.35. The molecule has 2 aromatic carbocycles. The van der Waals surface area contributed by atoms with Crippen LogP contribution in [0.25, 0.3) is 0 Å². The monoisotopic (exact) mass is 724 g/mol. The molecule has 2 unspecified atom stereocenters. The maximum atomic E-state index is 12.8. The Balaban J connectivity index is 1.37. The van der Waals surface area contributed by atoms with Crippen LogP contribution in [0, 0.1) is 6.08 Å². The van der Waals surface area contributed by atoms with Crippen LogP contribution in [0.1, 0.15) is 83.8 Å². The van der Waals surface area contributed by atoms with Gasteiger partial charge in [-0.2, -0.15) is 24.6 Å². The van der Waals surface area contributed by atoms with Gasteiger partial charge in [-0.05, 0) is 57.2 Å². The molecule has 0 amide bonds. The van der Waals surface area contributed by atoms with E-state index in [1.54, 1.807) is 0 Å². The third kappa shape index (κ3) is 6.45. The van der Waals surface area contributed by atoms with E-state index in [9.17, 15) is 25.9 Å². The summed E-state index contributed by atoms with van der Waals surface area (Å²) in [5.74, 6) is -0.373. The van der Waals surface area contributed by atoms with E-state index in [0.29, 0.717) is 43.8 Å². The van der Waals surface area contributed by atoms with Gasteiger partial charge in [-0.15, -0.1) is 11.6 Å². The summed E-state index contributed by atoms with van der Waals surface area (Å²) in [6, 6.07) is 16.1. The number of para-hydroxylation sites is 2. The molecular weight excluding hydrogens is 680 g/mol. The molecule has 2 atom stereocenters. The van der Waals surface area contributed by atoms with Gasteiger partial charge < -0.3 is 4.55 Å². The van der Waals surface area contributed by atoms with Crippen LogP contribution in [0.3, 0.4) is 0 Å². The lowest BCUT2D eigenvalue weighted by molar-refractivity contribution is -0.438. The summed E-state index contributed by atoms with van der Waals surface area (Å²) >= 11 is 7.13. The first kappa shape index (κ1) is 35.9. The first-order valence-electron chi connectivity index (χ1n) is 17.0. The van der Waals surface area contributed by atoms with Crippen molar-refractivity contribution < 1.29 is 30.5 Å². The smallest absolute Gasteiger partial charge is 0.320 e. The van der Waals surface area contributed by atoms with Gasteiger partial charge in [0.2, 0.25) is 11.1 Å². The molecule has 49 heavy (non-hydrogen) atoms. The molecule has 262 valence electrons. The summed E-state index contributed by atoms with van der Waals surface area (Å²) in [5, 5.41) is -0.333. The Kier molecular flexibility index (Phi) is 9.56. The van der Waals surface area contributed by atoms with Crippen LogP contribution < -0.4 is 4.48 Å². The highest BCUT2D eigenvalue weighted by molar-refractivity contribution is 7.86. The van der Waals surface area contributed by atoms with Crippen LogP contribution in [0.2, 0.25) is 0 Å². The highest BCUT2D eigenvalue weighted by atomic mass is 35.5. The molecule has 1 fully saturated rings. The number of unbranched alkanes of at least 4 members (excludes halogenated alkanes) is 1. The topological polar surface area (TPSA) is 115 Å². The minimum Gasteiger partial charge on any atom is -0.748 e. The molecule has 1 N–H and O–H groups in total. The molecule has 11 heteroatoms. The van der Waals surface area contributed by atoms with E-state index in [-0.39, 0.29) is 15.7 Å². The average Bonchev–Trinajstić information content (AvgIpc) is 3.63. The Morgan fingerprint density at radius 3 is 2.37 bits per heavy atom. The fourth-order valence-electron chi connectivity index (χ4n) is 8.63. The first-order valence-corrected chi connectivity index (χ1v) is 20.5. The number of benzene rings is 2. The fourth-order valence-corrected chi connectivity index (χ4v) is 10.7. The van der Waals surface area contributed by atoms with Crippen LogP contribution in [-0.2, 0) is 31.1 Å². The number of rotatable bonds is 9. The van der Waals surface area contributed by atoms with Gasteiger partial charge in [0.15, 0.2) is 5.71 Å². The van der Waals surface area contributed by atoms with Crippen molar-refractivity contribution in [2.45, 2.75) is 88.8 Å². The lowest BCUT2D eigenvalue weighted by atomic mass is 9.81. The highest BCUT2D eigenvalue weighted by Gasteiger charge is 2.60. The SMILES string of the molecule is CC1(C)C(/C=C/C2=C(Cl)C(=C/[C-]=C3C(C)(C)c4ccccc4[N+]34CCCC4S(=O)(=O)O)/CCC2)=[N+](CCCCS(=O)(=O)[O-])c2ccccc21. The van der Waals surface area contributed by atoms with Crippen molar-refractivity contribution in [3.05, 3.63) is 106 Å². The van der Waals surface area contributed by atoms with Gasteiger partial charge in [0.05, 0.1) is 27.5 Å². The standard InChI is InChI=1S/C38H45ClN2O6S2/c1-37(2)29-15-5-7-17-31(29)40(24-9-10-26-48(42,43)44)33(37)22-20-27-13-11-14-28(36(27)39)21-23-34-38(3,4)30-16-6-8-18-32(30)41(34)25-12-19-35(41)49(45,46)47/h5-8,15-18,20-22,35H,9-14,19,24-26H2,1-4H3,(H-,42,43,44,45,46,47)/b22-20+,28-21+. The molecule has 0 aromatic heterocycles. The van der Waals surface area contributed by atoms with Crippen LogP contribution >= 0.6 is 11.6 Å². The summed E-state index contributed by atoms with van der Waals surface area (Å²) in [6.45, 7) is 9.68. The molecule has 0 radical (unpaired) electrons. The maximum Gasteiger partial charge on any atom is 0.320 e. The van der Waals surface area contributed by atoms with Gasteiger partial charge in [0, 0.05) is 54.0 Å². The van der Waals surface area contributed by atoms with Crippen molar-refractivity contribution >= 4 is 48.9 Å². The number of nitrogens with zero attached hydrogens (tertiary/aromatic N) is 2. The van der Waals surface area contributed by atoms with Crippen LogP contribution in [0.15, 0.2) is 88.6 Å². The van der Waals surface area contributed by atoms with Crippen molar-refractivity contribution in [1.82, 2.24) is 4.48 Å². The molecule has 2 aromatic rings. The summed E-state index contributed by atoms with van der Waals surface area (Å²) in [6.07, 6.45) is 14.0. The van der Waals surface area contributed by atoms with E-state index >= 15 is 0 Å². The molecule has 6 rings (SSSR count). The number of hydrogen-bond donors (Lipinski definition) is 1.